The highest BCUT2D eigenvalue weighted by atomic mass is 35.5. The molecule has 3 rings (SSSR count). The molecule has 29 heavy (non-hydrogen) atoms. The number of imidazole rings is 1. The summed E-state index contributed by atoms with van der Waals surface area (Å²) in [4.78, 5) is 33.6. The van der Waals surface area contributed by atoms with E-state index in [0.717, 1.165) is 13.1 Å². The Morgan fingerprint density at radius 1 is 1.38 bits per heavy atom. The lowest BCUT2D eigenvalue weighted by Gasteiger charge is -2.32. The number of halogens is 1. The average molecular weight is 416 g/mol. The standard InChI is InChI=1S/C21H26ClN5O2/c1-4-25(3)11-7-10-20(28)26-13-15(2)27-18(12-23-19(27)14-26)21(29)24-17-9-6-5-8-16(17)22/h5-10,12,15H,4,11,13-14H2,1-3H3,(H,24,29)/b10-7+/t15-/m1/s1. The molecule has 1 aliphatic heterocycles. The van der Waals surface area contributed by atoms with E-state index in [1.54, 1.807) is 35.4 Å². The summed E-state index contributed by atoms with van der Waals surface area (Å²) >= 11 is 6.14. The lowest BCUT2D eigenvalue weighted by Crippen LogP contribution is -2.40. The van der Waals surface area contributed by atoms with Gasteiger partial charge in [-0.3, -0.25) is 9.59 Å². The van der Waals surface area contributed by atoms with Crippen LogP contribution in [0.2, 0.25) is 5.02 Å². The molecular weight excluding hydrogens is 390 g/mol. The van der Waals surface area contributed by atoms with Crippen LogP contribution >= 0.6 is 11.6 Å². The Morgan fingerprint density at radius 3 is 2.86 bits per heavy atom. The van der Waals surface area contributed by atoms with Crippen LogP contribution in [0.1, 0.15) is 36.2 Å². The van der Waals surface area contributed by atoms with Crippen molar-refractivity contribution < 1.29 is 9.59 Å². The smallest absolute Gasteiger partial charge is 0.273 e. The summed E-state index contributed by atoms with van der Waals surface area (Å²) in [6.07, 6.45) is 5.04. The van der Waals surface area contributed by atoms with Crippen molar-refractivity contribution in [1.82, 2.24) is 19.4 Å². The second-order valence-corrected chi connectivity index (χ2v) is 7.60. The molecule has 2 aromatic rings. The molecule has 1 atom stereocenters. The van der Waals surface area contributed by atoms with Gasteiger partial charge in [-0.1, -0.05) is 36.7 Å². The van der Waals surface area contributed by atoms with E-state index in [4.69, 9.17) is 11.6 Å². The van der Waals surface area contributed by atoms with Gasteiger partial charge in [-0.15, -0.1) is 0 Å². The molecule has 154 valence electrons. The highest BCUT2D eigenvalue weighted by Crippen LogP contribution is 2.25. The number of hydrogen-bond donors (Lipinski definition) is 1. The molecule has 8 heteroatoms. The lowest BCUT2D eigenvalue weighted by molar-refractivity contribution is -0.128. The Bertz CT molecular complexity index is 924. The molecule has 0 bridgehead atoms. The molecule has 0 spiro atoms. The fraction of sp³-hybridized carbons (Fsp3) is 0.381. The van der Waals surface area contributed by atoms with Crippen LogP contribution in [0.4, 0.5) is 5.69 Å². The highest BCUT2D eigenvalue weighted by molar-refractivity contribution is 6.33. The van der Waals surface area contributed by atoms with Gasteiger partial charge in [0.05, 0.1) is 29.5 Å². The third kappa shape index (κ3) is 4.86. The van der Waals surface area contributed by atoms with Crippen LogP contribution < -0.4 is 5.32 Å². The monoisotopic (exact) mass is 415 g/mol. The van der Waals surface area contributed by atoms with Crippen LogP contribution in [-0.4, -0.2) is 57.8 Å². The molecule has 2 heterocycles. The predicted octanol–water partition coefficient (Wildman–Crippen LogP) is 3.20. The van der Waals surface area contributed by atoms with Gasteiger partial charge in [-0.25, -0.2) is 4.98 Å². The van der Waals surface area contributed by atoms with Crippen LogP contribution in [0.3, 0.4) is 0 Å². The van der Waals surface area contributed by atoms with E-state index in [9.17, 15) is 9.59 Å². The Labute approximate surface area is 176 Å². The van der Waals surface area contributed by atoms with Crippen LogP contribution in [0.15, 0.2) is 42.6 Å². The molecule has 0 saturated heterocycles. The number of para-hydroxylation sites is 1. The molecule has 1 aromatic heterocycles. The third-order valence-corrected chi connectivity index (χ3v) is 5.34. The zero-order valence-electron chi connectivity index (χ0n) is 16.9. The Balaban J connectivity index is 1.71. The largest absolute Gasteiger partial charge is 0.330 e. The molecule has 1 N–H and O–H groups in total. The van der Waals surface area contributed by atoms with Gasteiger partial charge in [-0.05, 0) is 32.6 Å². The second kappa shape index (κ2) is 9.24. The van der Waals surface area contributed by atoms with Crippen molar-refractivity contribution >= 4 is 29.1 Å². The van der Waals surface area contributed by atoms with Crippen LogP contribution in [0.25, 0.3) is 0 Å². The van der Waals surface area contributed by atoms with Crippen LogP contribution in [0.5, 0.6) is 0 Å². The Morgan fingerprint density at radius 2 is 2.14 bits per heavy atom. The number of nitrogens with one attached hydrogen (secondary N) is 1. The van der Waals surface area contributed by atoms with Crippen LogP contribution in [0, 0.1) is 0 Å². The van der Waals surface area contributed by atoms with Gasteiger partial charge in [0.2, 0.25) is 5.91 Å². The number of fused-ring (bicyclic) bond motifs is 1. The molecule has 0 aliphatic carbocycles. The van der Waals surface area contributed by atoms with E-state index in [-0.39, 0.29) is 17.9 Å². The number of hydrogen-bond acceptors (Lipinski definition) is 4. The van der Waals surface area contributed by atoms with Crippen molar-refractivity contribution in [3.05, 3.63) is 59.2 Å². The summed E-state index contributed by atoms with van der Waals surface area (Å²) in [5.41, 5.74) is 1.01. The molecule has 1 aliphatic rings. The van der Waals surface area contributed by atoms with Crippen molar-refractivity contribution in [3.63, 3.8) is 0 Å². The minimum absolute atomic E-state index is 0.0438. The fourth-order valence-corrected chi connectivity index (χ4v) is 3.48. The second-order valence-electron chi connectivity index (χ2n) is 7.19. The lowest BCUT2D eigenvalue weighted by atomic mass is 10.2. The summed E-state index contributed by atoms with van der Waals surface area (Å²) in [7, 11) is 2.00. The summed E-state index contributed by atoms with van der Waals surface area (Å²) < 4.78 is 1.89. The van der Waals surface area contributed by atoms with Gasteiger partial charge in [0.1, 0.15) is 11.5 Å². The van der Waals surface area contributed by atoms with Crippen molar-refractivity contribution in [2.24, 2.45) is 0 Å². The summed E-state index contributed by atoms with van der Waals surface area (Å²) in [6, 6.07) is 7.02. The summed E-state index contributed by atoms with van der Waals surface area (Å²) in [5, 5.41) is 3.31. The SMILES string of the molecule is CCN(C)C/C=C/C(=O)N1Cc2ncc(C(=O)Nc3ccccc3Cl)n2[C@H](C)C1. The number of likely N-dealkylation sites (N-methyl/N-ethyl adjacent to an activating group) is 1. The first-order valence-electron chi connectivity index (χ1n) is 9.66. The average Bonchev–Trinajstić information content (AvgIpc) is 3.14. The molecule has 1 aromatic carbocycles. The predicted molar refractivity (Wildman–Crippen MR) is 114 cm³/mol. The number of benzene rings is 1. The first kappa shape index (κ1) is 21.1. The molecular formula is C21H26ClN5O2. The zero-order valence-corrected chi connectivity index (χ0v) is 17.7. The van der Waals surface area contributed by atoms with Gasteiger partial charge in [-0.2, -0.15) is 0 Å². The minimum atomic E-state index is -0.272. The van der Waals surface area contributed by atoms with Gasteiger partial charge >= 0.3 is 0 Å². The molecule has 7 nitrogen and oxygen atoms in total. The van der Waals surface area contributed by atoms with E-state index < -0.39 is 0 Å². The Kier molecular flexibility index (Phi) is 6.71. The maximum absolute atomic E-state index is 12.8. The Hall–Kier alpha value is -2.64. The first-order chi connectivity index (χ1) is 13.9. The van der Waals surface area contributed by atoms with Gasteiger partial charge in [0, 0.05) is 19.2 Å². The quantitative estimate of drug-likeness (QED) is 0.735. The number of amides is 2. The molecule has 0 saturated carbocycles. The number of anilines is 1. The maximum atomic E-state index is 12.8. The van der Waals surface area contributed by atoms with Crippen molar-refractivity contribution in [1.29, 1.82) is 0 Å². The molecule has 0 radical (unpaired) electrons. The topological polar surface area (TPSA) is 70.5 Å². The highest BCUT2D eigenvalue weighted by Gasteiger charge is 2.29. The third-order valence-electron chi connectivity index (χ3n) is 5.01. The normalized spacial score (nSPS) is 16.3. The minimum Gasteiger partial charge on any atom is -0.330 e. The maximum Gasteiger partial charge on any atom is 0.273 e. The fourth-order valence-electron chi connectivity index (χ4n) is 3.30. The molecule has 0 fully saturated rings. The van der Waals surface area contributed by atoms with Crippen LogP contribution in [-0.2, 0) is 11.3 Å². The van der Waals surface area contributed by atoms with Crippen molar-refractivity contribution in [2.75, 3.05) is 32.0 Å². The van der Waals surface area contributed by atoms with E-state index in [1.807, 2.05) is 30.7 Å². The van der Waals surface area contributed by atoms with Gasteiger partial charge < -0.3 is 19.7 Å². The zero-order chi connectivity index (χ0) is 21.0. The van der Waals surface area contributed by atoms with E-state index in [0.29, 0.717) is 35.3 Å². The van der Waals surface area contributed by atoms with E-state index >= 15 is 0 Å². The van der Waals surface area contributed by atoms with Gasteiger partial charge in [0.25, 0.3) is 5.91 Å². The molecule has 0 unspecified atom stereocenters. The number of aromatic nitrogens is 2. The van der Waals surface area contributed by atoms with Crippen molar-refractivity contribution in [3.8, 4) is 0 Å². The number of carbonyl (C=O) groups is 2. The van der Waals surface area contributed by atoms with Crippen molar-refractivity contribution in [2.45, 2.75) is 26.4 Å². The molecule has 2 amide bonds. The van der Waals surface area contributed by atoms with E-state index in [2.05, 4.69) is 22.1 Å². The number of rotatable bonds is 6. The summed E-state index contributed by atoms with van der Waals surface area (Å²) in [5.74, 6) is 0.379. The summed E-state index contributed by atoms with van der Waals surface area (Å²) in [6.45, 7) is 6.59. The number of nitrogens with zero attached hydrogens (tertiary/aromatic N) is 4. The van der Waals surface area contributed by atoms with Gasteiger partial charge in [0.15, 0.2) is 0 Å². The van der Waals surface area contributed by atoms with E-state index in [1.165, 1.54) is 0 Å². The number of carbonyl (C=O) groups excluding carboxylic acids is 2. The first-order valence-corrected chi connectivity index (χ1v) is 10.0.